The lowest BCUT2D eigenvalue weighted by molar-refractivity contribution is -0.385. The van der Waals surface area contributed by atoms with Crippen LogP contribution in [0.15, 0.2) is 29.4 Å². The summed E-state index contributed by atoms with van der Waals surface area (Å²) in [6.07, 6.45) is -0.539. The molecule has 126 valence electrons. The Hall–Kier alpha value is -1.99. The molecule has 0 spiro atoms. The quantitative estimate of drug-likeness (QED) is 0.450. The average molecular weight is 321 g/mol. The first kappa shape index (κ1) is 17.4. The van der Waals surface area contributed by atoms with Gasteiger partial charge >= 0.3 is 0 Å². The van der Waals surface area contributed by atoms with Crippen LogP contribution in [0.5, 0.6) is 0 Å². The average Bonchev–Trinajstić information content (AvgIpc) is 2.43. The third kappa shape index (κ3) is 3.51. The molecule has 1 aromatic carbocycles. The summed E-state index contributed by atoms with van der Waals surface area (Å²) in [5.74, 6) is -0.498. The van der Waals surface area contributed by atoms with Gasteiger partial charge in [0.25, 0.3) is 5.69 Å². The number of rotatable bonds is 3. The van der Waals surface area contributed by atoms with Gasteiger partial charge in [0.2, 0.25) is 0 Å². The number of nitro groups is 1. The van der Waals surface area contributed by atoms with E-state index in [1.54, 1.807) is 12.1 Å². The summed E-state index contributed by atoms with van der Waals surface area (Å²) in [7, 11) is 0. The highest BCUT2D eigenvalue weighted by molar-refractivity contribution is 5.90. The zero-order chi connectivity index (χ0) is 17.4. The van der Waals surface area contributed by atoms with E-state index in [1.807, 2.05) is 27.7 Å². The fourth-order valence-corrected chi connectivity index (χ4v) is 3.66. The Bertz CT molecular complexity index is 640. The summed E-state index contributed by atoms with van der Waals surface area (Å²) >= 11 is 0. The molecule has 0 amide bonds. The van der Waals surface area contributed by atoms with Gasteiger partial charge in [0.15, 0.2) is 0 Å². The molecule has 3 N–H and O–H groups in total. The Balaban J connectivity index is 2.42. The van der Waals surface area contributed by atoms with Crippen LogP contribution in [0.25, 0.3) is 0 Å². The number of piperidine rings is 1. The first-order valence-electron chi connectivity index (χ1n) is 7.50. The highest BCUT2D eigenvalue weighted by Crippen LogP contribution is 2.39. The van der Waals surface area contributed by atoms with Gasteiger partial charge in [0.1, 0.15) is 0 Å². The Kier molecular flexibility index (Phi) is 4.45. The van der Waals surface area contributed by atoms with E-state index in [0.717, 1.165) is 0 Å². The maximum atomic E-state index is 10.9. The number of non-ortho nitro benzene ring substituents is 1. The van der Waals surface area contributed by atoms with Crippen LogP contribution in [-0.4, -0.2) is 32.0 Å². The second-order valence-electron chi connectivity index (χ2n) is 7.27. The van der Waals surface area contributed by atoms with E-state index in [0.29, 0.717) is 17.7 Å². The molecule has 1 heterocycles. The van der Waals surface area contributed by atoms with Crippen LogP contribution >= 0.6 is 0 Å². The van der Waals surface area contributed by atoms with Crippen LogP contribution in [0.4, 0.5) is 5.69 Å². The van der Waals surface area contributed by atoms with Gasteiger partial charge in [-0.1, -0.05) is 17.3 Å². The number of nitrogens with one attached hydrogen (secondary N) is 1. The molecule has 1 aliphatic heterocycles. The highest BCUT2D eigenvalue weighted by Gasteiger charge is 2.47. The van der Waals surface area contributed by atoms with Crippen LogP contribution in [0.3, 0.4) is 0 Å². The molecule has 1 saturated heterocycles. The maximum Gasteiger partial charge on any atom is 0.269 e. The van der Waals surface area contributed by atoms with E-state index < -0.39 is 22.5 Å². The third-order valence-electron chi connectivity index (χ3n) is 4.29. The van der Waals surface area contributed by atoms with Gasteiger partial charge in [-0.05, 0) is 33.3 Å². The van der Waals surface area contributed by atoms with Crippen LogP contribution in [0, 0.1) is 16.0 Å². The van der Waals surface area contributed by atoms with Gasteiger partial charge in [-0.15, -0.1) is 0 Å². The number of aliphatic hydroxyl groups is 1. The predicted octanol–water partition coefficient (Wildman–Crippen LogP) is 2.63. The second kappa shape index (κ2) is 5.90. The van der Waals surface area contributed by atoms with Gasteiger partial charge in [-0.3, -0.25) is 10.1 Å². The lowest BCUT2D eigenvalue weighted by Crippen LogP contribution is -2.64. The molecule has 2 atom stereocenters. The van der Waals surface area contributed by atoms with Crippen LogP contribution in [0.1, 0.15) is 45.8 Å². The molecule has 0 radical (unpaired) electrons. The van der Waals surface area contributed by atoms with Crippen molar-refractivity contribution in [2.75, 3.05) is 0 Å². The number of aliphatic hydroxyl groups excluding tert-OH is 1. The molecule has 0 aliphatic carbocycles. The van der Waals surface area contributed by atoms with Crippen molar-refractivity contribution < 1.29 is 15.2 Å². The van der Waals surface area contributed by atoms with Crippen molar-refractivity contribution in [2.24, 2.45) is 11.1 Å². The van der Waals surface area contributed by atoms with Crippen molar-refractivity contribution in [2.45, 2.75) is 51.3 Å². The minimum Gasteiger partial charge on any atom is -0.411 e. The molecule has 0 aromatic heterocycles. The maximum absolute atomic E-state index is 10.9. The molecule has 7 nitrogen and oxygen atoms in total. The van der Waals surface area contributed by atoms with E-state index >= 15 is 0 Å². The summed E-state index contributed by atoms with van der Waals surface area (Å²) in [6, 6.07) is 5.92. The van der Waals surface area contributed by atoms with Crippen LogP contribution in [0.2, 0.25) is 0 Å². The van der Waals surface area contributed by atoms with Crippen molar-refractivity contribution in [3.8, 4) is 0 Å². The molecular weight excluding hydrogens is 298 g/mol. The van der Waals surface area contributed by atoms with E-state index in [1.165, 1.54) is 12.1 Å². The molecule has 2 rings (SSSR count). The van der Waals surface area contributed by atoms with E-state index in [-0.39, 0.29) is 11.2 Å². The summed E-state index contributed by atoms with van der Waals surface area (Å²) in [5.41, 5.74) is 0.0146. The van der Waals surface area contributed by atoms with Crippen molar-refractivity contribution >= 4 is 11.4 Å². The van der Waals surface area contributed by atoms with E-state index in [2.05, 4.69) is 10.5 Å². The summed E-state index contributed by atoms with van der Waals surface area (Å²) in [4.78, 5) is 10.4. The fourth-order valence-electron chi connectivity index (χ4n) is 3.66. The molecule has 23 heavy (non-hydrogen) atoms. The molecule has 0 bridgehead atoms. The fraction of sp³-hybridized carbons (Fsp3) is 0.562. The normalized spacial score (nSPS) is 26.0. The zero-order valence-corrected chi connectivity index (χ0v) is 13.8. The number of nitro benzene ring substituents is 1. The molecule has 1 aliphatic rings. The summed E-state index contributed by atoms with van der Waals surface area (Å²) in [6.45, 7) is 7.83. The van der Waals surface area contributed by atoms with Crippen molar-refractivity contribution in [3.05, 3.63) is 39.9 Å². The van der Waals surface area contributed by atoms with Gasteiger partial charge in [0, 0.05) is 35.5 Å². The van der Waals surface area contributed by atoms with Crippen LogP contribution < -0.4 is 5.32 Å². The molecule has 1 aromatic rings. The lowest BCUT2D eigenvalue weighted by atomic mass is 9.69. The van der Waals surface area contributed by atoms with Crippen molar-refractivity contribution in [1.29, 1.82) is 0 Å². The molecule has 0 unspecified atom stereocenters. The van der Waals surface area contributed by atoms with E-state index in [9.17, 15) is 20.4 Å². The Morgan fingerprint density at radius 1 is 1.39 bits per heavy atom. The summed E-state index contributed by atoms with van der Waals surface area (Å²) < 4.78 is 0. The minimum atomic E-state index is -1.01. The molecule has 0 saturated carbocycles. The number of hydrogen-bond acceptors (Lipinski definition) is 6. The Morgan fingerprint density at radius 3 is 2.61 bits per heavy atom. The standard InChI is InChI=1S/C16H23N3O4/c1-15(2)9-12(17-21)13(16(3,4)18-15)14(20)10-6-5-7-11(8-10)19(22)23/h5-8,13-14,18,20-21H,9H2,1-4H3/b17-12-/t13-,14+/m1/s1. The lowest BCUT2D eigenvalue weighted by Gasteiger charge is -2.49. The van der Waals surface area contributed by atoms with Gasteiger partial charge in [-0.2, -0.15) is 0 Å². The van der Waals surface area contributed by atoms with Gasteiger partial charge < -0.3 is 15.6 Å². The monoisotopic (exact) mass is 321 g/mol. The molecular formula is C16H23N3O4. The smallest absolute Gasteiger partial charge is 0.269 e. The number of benzene rings is 1. The molecule has 1 fully saturated rings. The van der Waals surface area contributed by atoms with Gasteiger partial charge in [0.05, 0.1) is 16.7 Å². The zero-order valence-electron chi connectivity index (χ0n) is 13.8. The Labute approximate surface area is 135 Å². The van der Waals surface area contributed by atoms with Crippen LogP contribution in [-0.2, 0) is 0 Å². The van der Waals surface area contributed by atoms with Crippen molar-refractivity contribution in [1.82, 2.24) is 5.32 Å². The number of hydrogen-bond donors (Lipinski definition) is 3. The largest absolute Gasteiger partial charge is 0.411 e. The number of nitrogens with zero attached hydrogens (tertiary/aromatic N) is 2. The molecule has 7 heteroatoms. The van der Waals surface area contributed by atoms with E-state index in [4.69, 9.17) is 0 Å². The number of oxime groups is 1. The second-order valence-corrected chi connectivity index (χ2v) is 7.27. The predicted molar refractivity (Wildman–Crippen MR) is 86.7 cm³/mol. The van der Waals surface area contributed by atoms with Gasteiger partial charge in [-0.25, -0.2) is 0 Å². The third-order valence-corrected chi connectivity index (χ3v) is 4.29. The Morgan fingerprint density at radius 2 is 2.04 bits per heavy atom. The minimum absolute atomic E-state index is 0.0778. The highest BCUT2D eigenvalue weighted by atomic mass is 16.6. The first-order chi connectivity index (χ1) is 10.6. The topological polar surface area (TPSA) is 108 Å². The first-order valence-corrected chi connectivity index (χ1v) is 7.50. The summed E-state index contributed by atoms with van der Waals surface area (Å²) in [5, 5.41) is 38.0. The SMILES string of the molecule is CC1(C)C/C(=N/O)[C@H]([C@@H](O)c2cccc([N+](=O)[O-])c2)C(C)(C)N1. The van der Waals surface area contributed by atoms with Crippen molar-refractivity contribution in [3.63, 3.8) is 0 Å².